The third-order valence-corrected chi connectivity index (χ3v) is 5.80. The van der Waals surface area contributed by atoms with Gasteiger partial charge in [-0.2, -0.15) is 0 Å². The lowest BCUT2D eigenvalue weighted by atomic mass is 9.97. The van der Waals surface area contributed by atoms with Crippen LogP contribution in [0, 0.1) is 0 Å². The van der Waals surface area contributed by atoms with Gasteiger partial charge in [0.25, 0.3) is 0 Å². The average Bonchev–Trinajstić information content (AvgIpc) is 2.73. The summed E-state index contributed by atoms with van der Waals surface area (Å²) in [6.45, 7) is 3.05. The maximum atomic E-state index is 13.0. The van der Waals surface area contributed by atoms with Gasteiger partial charge in [-0.15, -0.1) is 0 Å². The molecule has 0 radical (unpaired) electrons. The Balaban J connectivity index is 1.68. The van der Waals surface area contributed by atoms with Gasteiger partial charge >= 0.3 is 0 Å². The Kier molecular flexibility index (Phi) is 7.04. The summed E-state index contributed by atoms with van der Waals surface area (Å²) in [5.74, 6) is -0.345. The number of piperidine rings is 1. The molecule has 7 heteroatoms. The number of fused-ring (bicyclic) bond motifs is 1. The summed E-state index contributed by atoms with van der Waals surface area (Å²) in [5, 5.41) is 11.9. The Bertz CT molecular complexity index is 888. The highest BCUT2D eigenvalue weighted by Crippen LogP contribution is 2.20. The first-order valence-corrected chi connectivity index (χ1v) is 10.4. The van der Waals surface area contributed by atoms with E-state index in [-0.39, 0.29) is 17.9 Å². The molecule has 1 saturated heterocycles. The molecule has 0 bridgehead atoms. The molecule has 1 atom stereocenters. The second kappa shape index (κ2) is 9.69. The molecule has 0 aromatic heterocycles. The van der Waals surface area contributed by atoms with Crippen LogP contribution in [0.1, 0.15) is 25.3 Å². The third kappa shape index (κ3) is 5.44. The van der Waals surface area contributed by atoms with E-state index in [0.717, 1.165) is 47.4 Å². The minimum atomic E-state index is -0.602. The number of carbonyl (C=O) groups is 2. The maximum Gasteiger partial charge on any atom is 0.243 e. The van der Waals surface area contributed by atoms with Crippen molar-refractivity contribution < 1.29 is 9.59 Å². The lowest BCUT2D eigenvalue weighted by Crippen LogP contribution is -2.53. The van der Waals surface area contributed by atoms with E-state index in [0.29, 0.717) is 6.42 Å². The van der Waals surface area contributed by atoms with Crippen LogP contribution in [0.4, 0.5) is 0 Å². The van der Waals surface area contributed by atoms with E-state index in [4.69, 9.17) is 12.2 Å². The molecule has 1 fully saturated rings. The Morgan fingerprint density at radius 1 is 1.14 bits per heavy atom. The second-order valence-corrected chi connectivity index (χ2v) is 7.81. The number of nitrogens with zero attached hydrogens (tertiary/aromatic N) is 1. The molecular formula is C22H28N4O2S. The normalized spacial score (nSPS) is 15.6. The number of nitrogens with one attached hydrogen (secondary N) is 3. The Hall–Kier alpha value is -2.67. The van der Waals surface area contributed by atoms with E-state index in [1.54, 1.807) is 0 Å². The summed E-state index contributed by atoms with van der Waals surface area (Å²) in [6, 6.07) is 13.6. The summed E-state index contributed by atoms with van der Waals surface area (Å²) < 4.78 is 0. The number of hydrogen-bond donors (Lipinski definition) is 3. The number of benzene rings is 2. The van der Waals surface area contributed by atoms with Crippen LogP contribution in [0.2, 0.25) is 0 Å². The van der Waals surface area contributed by atoms with Gasteiger partial charge in [-0.1, -0.05) is 42.5 Å². The van der Waals surface area contributed by atoms with E-state index in [1.807, 2.05) is 37.4 Å². The van der Waals surface area contributed by atoms with Crippen molar-refractivity contribution in [1.29, 1.82) is 0 Å². The number of rotatable bonds is 5. The van der Waals surface area contributed by atoms with Gasteiger partial charge in [0.2, 0.25) is 11.8 Å². The fourth-order valence-electron chi connectivity index (χ4n) is 3.83. The van der Waals surface area contributed by atoms with Crippen LogP contribution in [-0.4, -0.2) is 54.0 Å². The molecule has 1 unspecified atom stereocenters. The van der Waals surface area contributed by atoms with Crippen LogP contribution in [0.15, 0.2) is 42.5 Å². The predicted octanol–water partition coefficient (Wildman–Crippen LogP) is 1.97. The summed E-state index contributed by atoms with van der Waals surface area (Å²) in [7, 11) is 1.82. The second-order valence-electron chi connectivity index (χ2n) is 7.42. The van der Waals surface area contributed by atoms with E-state index in [2.05, 4.69) is 33.0 Å². The van der Waals surface area contributed by atoms with Crippen LogP contribution in [-0.2, 0) is 16.0 Å². The van der Waals surface area contributed by atoms with Crippen LogP contribution in [0.25, 0.3) is 10.8 Å². The van der Waals surface area contributed by atoms with Crippen molar-refractivity contribution in [2.45, 2.75) is 38.3 Å². The summed E-state index contributed by atoms with van der Waals surface area (Å²) in [5.41, 5.74) is 1.05. The standard InChI is InChI=1S/C22H28N4O2S/c1-15(27)24-20(14-17-8-5-7-16-6-3-4-9-19(16)17)21(28)25-18-10-12-26(13-11-18)22(29)23-2/h3-9,18,20H,10-14H2,1-2H3,(H,23,29)(H,24,27)(H,25,28). The largest absolute Gasteiger partial charge is 0.366 e. The van der Waals surface area contributed by atoms with Crippen molar-refractivity contribution >= 4 is 39.9 Å². The first-order chi connectivity index (χ1) is 14.0. The van der Waals surface area contributed by atoms with Crippen molar-refractivity contribution in [3.8, 4) is 0 Å². The monoisotopic (exact) mass is 412 g/mol. The molecule has 0 spiro atoms. The van der Waals surface area contributed by atoms with Gasteiger partial charge in [-0.25, -0.2) is 0 Å². The summed E-state index contributed by atoms with van der Waals surface area (Å²) in [4.78, 5) is 26.8. The topological polar surface area (TPSA) is 73.5 Å². The first-order valence-electron chi connectivity index (χ1n) is 9.98. The van der Waals surface area contributed by atoms with E-state index >= 15 is 0 Å². The Labute approximate surface area is 177 Å². The highest BCUT2D eigenvalue weighted by molar-refractivity contribution is 7.80. The van der Waals surface area contributed by atoms with Gasteiger partial charge in [0.1, 0.15) is 6.04 Å². The zero-order valence-corrected chi connectivity index (χ0v) is 17.7. The van der Waals surface area contributed by atoms with Gasteiger partial charge in [0, 0.05) is 39.5 Å². The van der Waals surface area contributed by atoms with Crippen LogP contribution in [0.3, 0.4) is 0 Å². The van der Waals surface area contributed by atoms with Crippen LogP contribution in [0.5, 0.6) is 0 Å². The lowest BCUT2D eigenvalue weighted by Gasteiger charge is -2.34. The minimum absolute atomic E-state index is 0.0854. The highest BCUT2D eigenvalue weighted by Gasteiger charge is 2.26. The quantitative estimate of drug-likeness (QED) is 0.655. The lowest BCUT2D eigenvalue weighted by molar-refractivity contribution is -0.128. The minimum Gasteiger partial charge on any atom is -0.366 e. The van der Waals surface area contributed by atoms with Gasteiger partial charge in [-0.05, 0) is 41.4 Å². The van der Waals surface area contributed by atoms with E-state index in [1.165, 1.54) is 6.92 Å². The zero-order chi connectivity index (χ0) is 20.8. The summed E-state index contributed by atoms with van der Waals surface area (Å²) >= 11 is 5.28. The smallest absolute Gasteiger partial charge is 0.243 e. The molecule has 29 heavy (non-hydrogen) atoms. The van der Waals surface area contributed by atoms with Crippen LogP contribution < -0.4 is 16.0 Å². The molecule has 2 amide bonds. The first kappa shape index (κ1) is 21.0. The SMILES string of the molecule is CNC(=S)N1CCC(NC(=O)C(Cc2cccc3ccccc23)NC(C)=O)CC1. The van der Waals surface area contributed by atoms with E-state index in [9.17, 15) is 9.59 Å². The molecule has 0 saturated carbocycles. The summed E-state index contributed by atoms with van der Waals surface area (Å²) in [6.07, 6.45) is 2.11. The maximum absolute atomic E-state index is 13.0. The Morgan fingerprint density at radius 3 is 2.52 bits per heavy atom. The molecule has 2 aromatic rings. The molecular weight excluding hydrogens is 384 g/mol. The average molecular weight is 413 g/mol. The molecule has 6 nitrogen and oxygen atoms in total. The van der Waals surface area contributed by atoms with Crippen molar-refractivity contribution in [2.75, 3.05) is 20.1 Å². The van der Waals surface area contributed by atoms with Crippen molar-refractivity contribution in [3.63, 3.8) is 0 Å². The number of thiocarbonyl (C=S) groups is 1. The molecule has 1 aliphatic heterocycles. The zero-order valence-electron chi connectivity index (χ0n) is 16.9. The number of hydrogen-bond acceptors (Lipinski definition) is 3. The van der Waals surface area contributed by atoms with Gasteiger partial charge in [0.05, 0.1) is 0 Å². The molecule has 1 aliphatic rings. The molecule has 2 aromatic carbocycles. The fourth-order valence-corrected chi connectivity index (χ4v) is 4.01. The van der Waals surface area contributed by atoms with Gasteiger partial charge in [0.15, 0.2) is 5.11 Å². The number of carbonyl (C=O) groups excluding carboxylic acids is 2. The van der Waals surface area contributed by atoms with Crippen LogP contribution >= 0.6 is 12.2 Å². The van der Waals surface area contributed by atoms with Crippen molar-refractivity contribution in [1.82, 2.24) is 20.9 Å². The Morgan fingerprint density at radius 2 is 1.83 bits per heavy atom. The van der Waals surface area contributed by atoms with Gasteiger partial charge in [-0.3, -0.25) is 9.59 Å². The number of likely N-dealkylation sites (tertiary alicyclic amines) is 1. The highest BCUT2D eigenvalue weighted by atomic mass is 32.1. The molecule has 0 aliphatic carbocycles. The fraction of sp³-hybridized carbons (Fsp3) is 0.409. The van der Waals surface area contributed by atoms with Crippen molar-refractivity contribution in [2.24, 2.45) is 0 Å². The molecule has 1 heterocycles. The van der Waals surface area contributed by atoms with E-state index < -0.39 is 6.04 Å². The number of amides is 2. The third-order valence-electron chi connectivity index (χ3n) is 5.34. The molecule has 3 rings (SSSR count). The van der Waals surface area contributed by atoms with Gasteiger partial charge < -0.3 is 20.9 Å². The predicted molar refractivity (Wildman–Crippen MR) is 120 cm³/mol. The molecule has 3 N–H and O–H groups in total. The molecule has 154 valence electrons. The van der Waals surface area contributed by atoms with Crippen molar-refractivity contribution in [3.05, 3.63) is 48.0 Å².